The molecule has 0 unspecified atom stereocenters. The Morgan fingerprint density at radius 3 is 1.83 bits per heavy atom. The van der Waals surface area contributed by atoms with E-state index in [1.165, 1.54) is 12.3 Å². The van der Waals surface area contributed by atoms with Crippen molar-refractivity contribution in [3.63, 3.8) is 0 Å². The van der Waals surface area contributed by atoms with E-state index in [9.17, 15) is 22.0 Å². The second-order valence-electron chi connectivity index (χ2n) is 3.29. The van der Waals surface area contributed by atoms with Gasteiger partial charge in [-0.05, 0) is 12.1 Å². The first-order chi connectivity index (χ1) is 8.45. The number of nitrogens with zero attached hydrogens (tertiary/aromatic N) is 1. The summed E-state index contributed by atoms with van der Waals surface area (Å²) in [5.41, 5.74) is -1.46. The summed E-state index contributed by atoms with van der Waals surface area (Å²) in [5, 5.41) is -0.360. The molecule has 0 bridgehead atoms. The molecule has 0 aliphatic rings. The van der Waals surface area contributed by atoms with Gasteiger partial charge in [0, 0.05) is 11.8 Å². The molecular formula is C11H3ClF5N. The molecule has 2 rings (SSSR count). The number of hydrogen-bond acceptors (Lipinski definition) is 1. The lowest BCUT2D eigenvalue weighted by molar-refractivity contribution is 0.381. The van der Waals surface area contributed by atoms with Crippen molar-refractivity contribution >= 4 is 11.6 Å². The number of hydrogen-bond donors (Lipinski definition) is 0. The zero-order valence-electron chi connectivity index (χ0n) is 8.45. The van der Waals surface area contributed by atoms with Crippen LogP contribution in [-0.2, 0) is 0 Å². The van der Waals surface area contributed by atoms with E-state index >= 15 is 0 Å². The Hall–Kier alpha value is -1.69. The highest BCUT2D eigenvalue weighted by atomic mass is 35.5. The van der Waals surface area contributed by atoms with Gasteiger partial charge in [-0.15, -0.1) is 0 Å². The van der Waals surface area contributed by atoms with Gasteiger partial charge in [-0.3, -0.25) is 0 Å². The highest BCUT2D eigenvalue weighted by Gasteiger charge is 2.27. The van der Waals surface area contributed by atoms with E-state index in [1.54, 1.807) is 0 Å². The van der Waals surface area contributed by atoms with Gasteiger partial charge in [0.15, 0.2) is 23.3 Å². The third kappa shape index (κ3) is 1.82. The molecule has 1 aromatic carbocycles. The van der Waals surface area contributed by atoms with Gasteiger partial charge in [-0.25, -0.2) is 26.9 Å². The topological polar surface area (TPSA) is 12.9 Å². The largest absolute Gasteiger partial charge is 0.244 e. The van der Waals surface area contributed by atoms with Crippen LogP contribution in [0.3, 0.4) is 0 Å². The molecule has 18 heavy (non-hydrogen) atoms. The molecular weight excluding hydrogens is 277 g/mol. The van der Waals surface area contributed by atoms with Crippen molar-refractivity contribution in [1.29, 1.82) is 0 Å². The second-order valence-corrected chi connectivity index (χ2v) is 3.64. The number of halogens is 6. The summed E-state index contributed by atoms with van der Waals surface area (Å²) in [7, 11) is 0. The molecule has 1 heterocycles. The third-order valence-corrected chi connectivity index (χ3v) is 2.54. The molecule has 0 aliphatic carbocycles. The SMILES string of the molecule is Fc1c(F)c(F)c(-c2cccnc2Cl)c(F)c1F. The molecule has 1 aromatic heterocycles. The van der Waals surface area contributed by atoms with Crippen LogP contribution < -0.4 is 0 Å². The maximum absolute atomic E-state index is 13.5. The second kappa shape index (κ2) is 4.53. The Kier molecular flexibility index (Phi) is 3.21. The zero-order valence-corrected chi connectivity index (χ0v) is 9.20. The zero-order chi connectivity index (χ0) is 13.4. The number of aromatic nitrogens is 1. The van der Waals surface area contributed by atoms with Crippen LogP contribution in [0.25, 0.3) is 11.1 Å². The van der Waals surface area contributed by atoms with Crippen molar-refractivity contribution in [1.82, 2.24) is 4.98 Å². The highest BCUT2D eigenvalue weighted by Crippen LogP contribution is 2.34. The molecule has 0 N–H and O–H groups in total. The van der Waals surface area contributed by atoms with Gasteiger partial charge in [0.1, 0.15) is 5.15 Å². The van der Waals surface area contributed by atoms with E-state index in [2.05, 4.69) is 4.98 Å². The lowest BCUT2D eigenvalue weighted by Crippen LogP contribution is -2.04. The van der Waals surface area contributed by atoms with E-state index in [1.807, 2.05) is 0 Å². The number of rotatable bonds is 1. The summed E-state index contributed by atoms with van der Waals surface area (Å²) in [6.07, 6.45) is 1.22. The minimum atomic E-state index is -2.21. The number of benzene rings is 1. The molecule has 1 nitrogen and oxygen atoms in total. The molecule has 0 saturated carbocycles. The first-order valence-electron chi connectivity index (χ1n) is 4.57. The van der Waals surface area contributed by atoms with E-state index < -0.39 is 34.6 Å². The minimum Gasteiger partial charge on any atom is -0.244 e. The van der Waals surface area contributed by atoms with E-state index in [4.69, 9.17) is 11.6 Å². The molecule has 0 atom stereocenters. The standard InChI is InChI=1S/C11H3ClF5N/c12-11-4(2-1-3-18-11)5-6(13)8(15)10(17)9(16)7(5)14/h1-3H. The van der Waals surface area contributed by atoms with Crippen molar-refractivity contribution < 1.29 is 22.0 Å². The molecule has 0 amide bonds. The molecule has 7 heteroatoms. The quantitative estimate of drug-likeness (QED) is 0.331. The van der Waals surface area contributed by atoms with Crippen LogP contribution in [0.2, 0.25) is 5.15 Å². The van der Waals surface area contributed by atoms with Gasteiger partial charge in [0.25, 0.3) is 0 Å². The Balaban J connectivity index is 2.85. The van der Waals surface area contributed by atoms with Crippen LogP contribution >= 0.6 is 11.6 Å². The van der Waals surface area contributed by atoms with Crippen molar-refractivity contribution in [3.05, 3.63) is 52.6 Å². The van der Waals surface area contributed by atoms with E-state index in [0.29, 0.717) is 0 Å². The fourth-order valence-corrected chi connectivity index (χ4v) is 1.63. The van der Waals surface area contributed by atoms with Crippen LogP contribution in [0.4, 0.5) is 22.0 Å². The average molecular weight is 280 g/mol. The van der Waals surface area contributed by atoms with Gasteiger partial charge in [0.05, 0.1) is 5.56 Å². The Morgan fingerprint density at radius 1 is 0.833 bits per heavy atom. The molecule has 0 saturated heterocycles. The van der Waals surface area contributed by atoms with Crippen LogP contribution in [0.5, 0.6) is 0 Å². The molecule has 0 radical (unpaired) electrons. The van der Waals surface area contributed by atoms with Gasteiger partial charge < -0.3 is 0 Å². The van der Waals surface area contributed by atoms with E-state index in [0.717, 1.165) is 6.07 Å². The minimum absolute atomic E-state index is 0.360. The Morgan fingerprint density at radius 2 is 1.33 bits per heavy atom. The smallest absolute Gasteiger partial charge is 0.200 e. The van der Waals surface area contributed by atoms with Crippen molar-refractivity contribution in [2.75, 3.05) is 0 Å². The van der Waals surface area contributed by atoms with E-state index in [-0.39, 0.29) is 10.7 Å². The summed E-state index contributed by atoms with van der Waals surface area (Å²) < 4.78 is 65.8. The van der Waals surface area contributed by atoms with Crippen LogP contribution in [0.15, 0.2) is 18.3 Å². The third-order valence-electron chi connectivity index (χ3n) is 2.24. The number of pyridine rings is 1. The van der Waals surface area contributed by atoms with Gasteiger partial charge in [0.2, 0.25) is 5.82 Å². The normalized spacial score (nSPS) is 10.8. The maximum Gasteiger partial charge on any atom is 0.200 e. The summed E-state index contributed by atoms with van der Waals surface area (Å²) in [5.74, 6) is -10.1. The molecule has 0 spiro atoms. The van der Waals surface area contributed by atoms with Crippen LogP contribution in [-0.4, -0.2) is 4.98 Å². The molecule has 94 valence electrons. The first kappa shape index (κ1) is 12.8. The predicted molar refractivity (Wildman–Crippen MR) is 54.5 cm³/mol. The molecule has 0 aliphatic heterocycles. The monoisotopic (exact) mass is 279 g/mol. The summed E-state index contributed by atoms with van der Waals surface area (Å²) in [4.78, 5) is 3.51. The first-order valence-corrected chi connectivity index (χ1v) is 4.95. The van der Waals surface area contributed by atoms with Gasteiger partial charge in [-0.2, -0.15) is 0 Å². The van der Waals surface area contributed by atoms with Crippen LogP contribution in [0.1, 0.15) is 0 Å². The average Bonchev–Trinajstić information content (AvgIpc) is 2.36. The van der Waals surface area contributed by atoms with Crippen LogP contribution in [0, 0.1) is 29.1 Å². The van der Waals surface area contributed by atoms with Gasteiger partial charge >= 0.3 is 0 Å². The Labute approximate surface area is 103 Å². The van der Waals surface area contributed by atoms with Crippen molar-refractivity contribution in [3.8, 4) is 11.1 Å². The molecule has 2 aromatic rings. The summed E-state index contributed by atoms with van der Waals surface area (Å²) >= 11 is 5.56. The predicted octanol–water partition coefficient (Wildman–Crippen LogP) is 4.10. The lowest BCUT2D eigenvalue weighted by Gasteiger charge is -2.08. The molecule has 0 fully saturated rings. The Bertz CT molecular complexity index is 600. The van der Waals surface area contributed by atoms with Gasteiger partial charge in [-0.1, -0.05) is 11.6 Å². The highest BCUT2D eigenvalue weighted by molar-refractivity contribution is 6.32. The fraction of sp³-hybridized carbons (Fsp3) is 0. The summed E-state index contributed by atoms with van der Waals surface area (Å²) in [6.45, 7) is 0. The van der Waals surface area contributed by atoms with Crippen molar-refractivity contribution in [2.45, 2.75) is 0 Å². The van der Waals surface area contributed by atoms with Crippen molar-refractivity contribution in [2.24, 2.45) is 0 Å². The summed E-state index contributed by atoms with van der Waals surface area (Å²) in [6, 6.07) is 2.37. The maximum atomic E-state index is 13.5. The fourth-order valence-electron chi connectivity index (χ4n) is 1.41. The lowest BCUT2D eigenvalue weighted by atomic mass is 10.1.